The summed E-state index contributed by atoms with van der Waals surface area (Å²) in [6.45, 7) is 3.66. The molecule has 0 amide bonds. The standard InChI is InChI=1S/C13H21N5O2/c1-2-3-6-18-12(14-15-16-18)8-17-9-4-5-11(17)10(7-9)13(19)20/h9-11H,2-8H2,1H3,(H,19,20). The molecule has 1 N–H and O–H groups in total. The minimum atomic E-state index is -0.659. The summed E-state index contributed by atoms with van der Waals surface area (Å²) in [6.07, 6.45) is 5.03. The van der Waals surface area contributed by atoms with E-state index in [0.29, 0.717) is 12.6 Å². The zero-order valence-corrected chi connectivity index (χ0v) is 11.8. The molecule has 2 aliphatic heterocycles. The van der Waals surface area contributed by atoms with Gasteiger partial charge in [0.05, 0.1) is 12.5 Å². The minimum absolute atomic E-state index is 0.161. The van der Waals surface area contributed by atoms with Crippen LogP contribution < -0.4 is 0 Å². The van der Waals surface area contributed by atoms with Crippen LogP contribution >= 0.6 is 0 Å². The molecule has 2 bridgehead atoms. The van der Waals surface area contributed by atoms with E-state index >= 15 is 0 Å². The van der Waals surface area contributed by atoms with E-state index in [1.165, 1.54) is 0 Å². The predicted octanol–water partition coefficient (Wildman–Crippen LogP) is 0.911. The maximum Gasteiger partial charge on any atom is 0.308 e. The summed E-state index contributed by atoms with van der Waals surface area (Å²) in [5.74, 6) is -0.0112. The van der Waals surface area contributed by atoms with Crippen molar-refractivity contribution in [2.24, 2.45) is 5.92 Å². The molecule has 0 aliphatic carbocycles. The van der Waals surface area contributed by atoms with Gasteiger partial charge in [-0.15, -0.1) is 5.10 Å². The lowest BCUT2D eigenvalue weighted by Crippen LogP contribution is -2.33. The number of carbonyl (C=O) groups is 1. The first-order valence-electron chi connectivity index (χ1n) is 7.44. The Hall–Kier alpha value is -1.50. The molecule has 1 aromatic rings. The molecule has 3 heterocycles. The van der Waals surface area contributed by atoms with Gasteiger partial charge in [0, 0.05) is 18.6 Å². The molecule has 0 saturated carbocycles. The molecule has 110 valence electrons. The molecule has 0 aromatic carbocycles. The van der Waals surface area contributed by atoms with Crippen molar-refractivity contribution in [1.29, 1.82) is 0 Å². The van der Waals surface area contributed by atoms with Crippen molar-refractivity contribution in [3.8, 4) is 0 Å². The maximum atomic E-state index is 11.3. The molecule has 0 radical (unpaired) electrons. The topological polar surface area (TPSA) is 84.1 Å². The first-order chi connectivity index (χ1) is 9.70. The fourth-order valence-electron chi connectivity index (χ4n) is 3.59. The number of aryl methyl sites for hydroxylation is 1. The Bertz CT molecular complexity index is 489. The molecule has 3 rings (SSSR count). The summed E-state index contributed by atoms with van der Waals surface area (Å²) >= 11 is 0. The highest BCUT2D eigenvalue weighted by Gasteiger charge is 2.49. The molecule has 3 atom stereocenters. The van der Waals surface area contributed by atoms with Gasteiger partial charge in [0.2, 0.25) is 0 Å². The number of hydrogen-bond acceptors (Lipinski definition) is 5. The Morgan fingerprint density at radius 1 is 1.45 bits per heavy atom. The lowest BCUT2D eigenvalue weighted by atomic mass is 9.89. The van der Waals surface area contributed by atoms with E-state index in [-0.39, 0.29) is 12.0 Å². The average Bonchev–Trinajstić information content (AvgIpc) is 3.12. The van der Waals surface area contributed by atoms with Crippen molar-refractivity contribution in [2.75, 3.05) is 0 Å². The number of rotatable bonds is 6. The van der Waals surface area contributed by atoms with E-state index in [1.807, 2.05) is 4.68 Å². The van der Waals surface area contributed by atoms with E-state index in [4.69, 9.17) is 0 Å². The summed E-state index contributed by atoms with van der Waals surface area (Å²) in [6, 6.07) is 0.547. The smallest absolute Gasteiger partial charge is 0.308 e. The molecular weight excluding hydrogens is 258 g/mol. The van der Waals surface area contributed by atoms with Crippen LogP contribution in [-0.4, -0.2) is 48.3 Å². The Morgan fingerprint density at radius 2 is 2.30 bits per heavy atom. The third-order valence-corrected chi connectivity index (χ3v) is 4.65. The largest absolute Gasteiger partial charge is 0.481 e. The van der Waals surface area contributed by atoms with Crippen LogP contribution in [0.15, 0.2) is 0 Å². The Labute approximate surface area is 117 Å². The third kappa shape index (κ3) is 2.30. The average molecular weight is 279 g/mol. The van der Waals surface area contributed by atoms with Crippen LogP contribution in [0.3, 0.4) is 0 Å². The number of aromatic nitrogens is 4. The monoisotopic (exact) mass is 279 g/mol. The highest BCUT2D eigenvalue weighted by molar-refractivity contribution is 5.71. The van der Waals surface area contributed by atoms with Gasteiger partial charge < -0.3 is 5.11 Å². The van der Waals surface area contributed by atoms with Crippen molar-refractivity contribution in [3.63, 3.8) is 0 Å². The van der Waals surface area contributed by atoms with Crippen molar-refractivity contribution in [2.45, 2.75) is 64.2 Å². The van der Waals surface area contributed by atoms with Crippen LogP contribution in [0.1, 0.15) is 44.9 Å². The van der Waals surface area contributed by atoms with Crippen LogP contribution in [0.25, 0.3) is 0 Å². The van der Waals surface area contributed by atoms with Crippen LogP contribution in [0.2, 0.25) is 0 Å². The van der Waals surface area contributed by atoms with E-state index in [2.05, 4.69) is 27.3 Å². The highest BCUT2D eigenvalue weighted by atomic mass is 16.4. The first-order valence-corrected chi connectivity index (χ1v) is 7.44. The SMILES string of the molecule is CCCCn1nnnc1CN1C2CCC1C(C(=O)O)C2. The van der Waals surface area contributed by atoms with Gasteiger partial charge in [0.1, 0.15) is 0 Å². The van der Waals surface area contributed by atoms with Crippen molar-refractivity contribution >= 4 is 5.97 Å². The second kappa shape index (κ2) is 5.47. The summed E-state index contributed by atoms with van der Waals surface area (Å²) in [7, 11) is 0. The lowest BCUT2D eigenvalue weighted by molar-refractivity contribution is -0.142. The lowest BCUT2D eigenvalue weighted by Gasteiger charge is -2.21. The van der Waals surface area contributed by atoms with Gasteiger partial charge in [-0.1, -0.05) is 13.3 Å². The molecule has 0 spiro atoms. The Balaban J connectivity index is 1.70. The third-order valence-electron chi connectivity index (χ3n) is 4.65. The van der Waals surface area contributed by atoms with Gasteiger partial charge in [-0.25, -0.2) is 4.68 Å². The van der Waals surface area contributed by atoms with E-state index < -0.39 is 5.97 Å². The molecule has 2 saturated heterocycles. The van der Waals surface area contributed by atoms with Crippen LogP contribution in [0.4, 0.5) is 0 Å². The number of unbranched alkanes of at least 4 members (excludes halogenated alkanes) is 1. The fourth-order valence-corrected chi connectivity index (χ4v) is 3.59. The van der Waals surface area contributed by atoms with Gasteiger partial charge >= 0.3 is 5.97 Å². The maximum absolute atomic E-state index is 11.3. The molecule has 3 unspecified atom stereocenters. The van der Waals surface area contributed by atoms with Gasteiger partial charge in [-0.05, 0) is 36.1 Å². The summed E-state index contributed by atoms with van der Waals surface area (Å²) in [4.78, 5) is 13.6. The number of aliphatic carboxylic acids is 1. The number of carboxylic acids is 1. The minimum Gasteiger partial charge on any atom is -0.481 e. The normalized spacial score (nSPS) is 29.1. The van der Waals surface area contributed by atoms with Crippen molar-refractivity contribution in [3.05, 3.63) is 5.82 Å². The second-order valence-electron chi connectivity index (χ2n) is 5.82. The number of carboxylic acid groups (broad SMARTS) is 1. The molecule has 2 aliphatic rings. The number of fused-ring (bicyclic) bond motifs is 2. The molecule has 20 heavy (non-hydrogen) atoms. The van der Waals surface area contributed by atoms with E-state index in [0.717, 1.165) is 44.5 Å². The second-order valence-corrected chi connectivity index (χ2v) is 5.82. The van der Waals surface area contributed by atoms with E-state index in [1.54, 1.807) is 0 Å². The molecule has 1 aromatic heterocycles. The van der Waals surface area contributed by atoms with Gasteiger partial charge in [0.25, 0.3) is 0 Å². The van der Waals surface area contributed by atoms with Crippen LogP contribution in [0, 0.1) is 5.92 Å². The molecule has 7 heteroatoms. The summed E-state index contributed by atoms with van der Waals surface area (Å²) < 4.78 is 1.86. The quantitative estimate of drug-likeness (QED) is 0.833. The highest BCUT2D eigenvalue weighted by Crippen LogP contribution is 2.42. The Morgan fingerprint density at radius 3 is 3.00 bits per heavy atom. The fraction of sp³-hybridized carbons (Fsp3) is 0.846. The number of nitrogens with zero attached hydrogens (tertiary/aromatic N) is 5. The van der Waals surface area contributed by atoms with E-state index in [9.17, 15) is 9.90 Å². The van der Waals surface area contributed by atoms with Gasteiger partial charge in [-0.3, -0.25) is 9.69 Å². The van der Waals surface area contributed by atoms with Gasteiger partial charge in [-0.2, -0.15) is 0 Å². The number of tetrazole rings is 1. The van der Waals surface area contributed by atoms with Gasteiger partial charge in [0.15, 0.2) is 5.82 Å². The van der Waals surface area contributed by atoms with Crippen molar-refractivity contribution < 1.29 is 9.90 Å². The molecular formula is C13H21N5O2. The van der Waals surface area contributed by atoms with Crippen LogP contribution in [-0.2, 0) is 17.9 Å². The first kappa shape index (κ1) is 13.5. The zero-order valence-electron chi connectivity index (χ0n) is 11.8. The predicted molar refractivity (Wildman–Crippen MR) is 70.8 cm³/mol. The summed E-state index contributed by atoms with van der Waals surface area (Å²) in [5.41, 5.74) is 0. The zero-order chi connectivity index (χ0) is 14.1. The molecule has 7 nitrogen and oxygen atoms in total. The Kier molecular flexibility index (Phi) is 3.69. The molecule has 2 fully saturated rings. The van der Waals surface area contributed by atoms with Crippen molar-refractivity contribution in [1.82, 2.24) is 25.1 Å². The van der Waals surface area contributed by atoms with Crippen LogP contribution in [0.5, 0.6) is 0 Å². The summed E-state index contributed by atoms with van der Waals surface area (Å²) in [5, 5.41) is 21.2. The number of hydrogen-bond donors (Lipinski definition) is 1.